The zero-order valence-electron chi connectivity index (χ0n) is 12.5. The molecule has 0 aliphatic carbocycles. The summed E-state index contributed by atoms with van der Waals surface area (Å²) in [6.45, 7) is 3.37. The number of hydrogen-bond acceptors (Lipinski definition) is 2. The molecule has 2 bridgehead atoms. The maximum Gasteiger partial charge on any atom is 0.251 e. The second-order valence-corrected chi connectivity index (χ2v) is 6.39. The van der Waals surface area contributed by atoms with Gasteiger partial charge in [-0.15, -0.1) is 6.42 Å². The molecule has 1 amide bonds. The smallest absolute Gasteiger partial charge is 0.251 e. The minimum atomic E-state index is 0.0125. The van der Waals surface area contributed by atoms with Gasteiger partial charge in [-0.1, -0.05) is 5.92 Å². The highest BCUT2D eigenvalue weighted by atomic mass is 16.1. The minimum Gasteiger partial charge on any atom is -0.348 e. The van der Waals surface area contributed by atoms with Crippen LogP contribution in [-0.2, 0) is 0 Å². The van der Waals surface area contributed by atoms with Crippen molar-refractivity contribution in [2.75, 3.05) is 19.6 Å². The fourth-order valence-corrected chi connectivity index (χ4v) is 3.80. The van der Waals surface area contributed by atoms with Crippen molar-refractivity contribution in [2.45, 2.75) is 18.9 Å². The van der Waals surface area contributed by atoms with Crippen LogP contribution in [0.2, 0.25) is 0 Å². The van der Waals surface area contributed by atoms with Gasteiger partial charge in [0.2, 0.25) is 0 Å². The summed E-state index contributed by atoms with van der Waals surface area (Å²) in [6, 6.07) is 7.84. The molecule has 0 radical (unpaired) electrons. The molecule has 2 fully saturated rings. The molecule has 4 heterocycles. The number of carbonyl (C=O) groups is 1. The maximum absolute atomic E-state index is 12.5. The van der Waals surface area contributed by atoms with Crippen LogP contribution in [0.3, 0.4) is 0 Å². The van der Waals surface area contributed by atoms with E-state index in [0.717, 1.165) is 30.1 Å². The predicted molar refractivity (Wildman–Crippen MR) is 85.8 cm³/mol. The van der Waals surface area contributed by atoms with E-state index < -0.39 is 0 Å². The summed E-state index contributed by atoms with van der Waals surface area (Å²) in [5.74, 6) is 3.41. The maximum atomic E-state index is 12.5. The van der Waals surface area contributed by atoms with Crippen LogP contribution >= 0.6 is 0 Å². The summed E-state index contributed by atoms with van der Waals surface area (Å²) in [6.07, 6.45) is 9.71. The van der Waals surface area contributed by atoms with E-state index in [-0.39, 0.29) is 11.9 Å². The number of terminal acetylenes is 1. The molecule has 4 nitrogen and oxygen atoms in total. The van der Waals surface area contributed by atoms with E-state index in [2.05, 4.69) is 16.1 Å². The van der Waals surface area contributed by atoms with Crippen molar-refractivity contribution in [1.29, 1.82) is 0 Å². The lowest BCUT2D eigenvalue weighted by molar-refractivity contribution is 0.0909. The van der Waals surface area contributed by atoms with E-state index in [1.54, 1.807) is 0 Å². The number of hydrogen-bond donors (Lipinski definition) is 1. The summed E-state index contributed by atoms with van der Waals surface area (Å²) in [7, 11) is 0. The molecule has 2 aliphatic rings. The first-order valence-electron chi connectivity index (χ1n) is 7.84. The van der Waals surface area contributed by atoms with Crippen LogP contribution in [0.1, 0.15) is 28.9 Å². The van der Waals surface area contributed by atoms with E-state index in [4.69, 9.17) is 6.42 Å². The molecule has 22 heavy (non-hydrogen) atoms. The zero-order valence-corrected chi connectivity index (χ0v) is 12.5. The Bertz CT molecular complexity index is 758. The van der Waals surface area contributed by atoms with Gasteiger partial charge in [0.15, 0.2) is 0 Å². The van der Waals surface area contributed by atoms with Gasteiger partial charge in [-0.2, -0.15) is 0 Å². The first kappa shape index (κ1) is 13.4. The van der Waals surface area contributed by atoms with Crippen molar-refractivity contribution in [1.82, 2.24) is 14.6 Å². The van der Waals surface area contributed by atoms with Crippen LogP contribution in [0.5, 0.6) is 0 Å². The Kier molecular flexibility index (Phi) is 3.16. The molecule has 2 aliphatic heterocycles. The minimum absolute atomic E-state index is 0.0125. The summed E-state index contributed by atoms with van der Waals surface area (Å²) in [5.41, 5.74) is 2.45. The third-order valence-electron chi connectivity index (χ3n) is 4.87. The molecule has 4 heteroatoms. The molecule has 2 aromatic heterocycles. The number of fused-ring (bicyclic) bond motifs is 3. The van der Waals surface area contributed by atoms with Crippen LogP contribution < -0.4 is 5.32 Å². The highest BCUT2D eigenvalue weighted by Gasteiger charge is 2.32. The van der Waals surface area contributed by atoms with Gasteiger partial charge >= 0.3 is 0 Å². The monoisotopic (exact) mass is 293 g/mol. The van der Waals surface area contributed by atoms with Gasteiger partial charge in [-0.3, -0.25) is 4.79 Å². The predicted octanol–water partition coefficient (Wildman–Crippen LogP) is 1.74. The Labute approximate surface area is 130 Å². The number of piperidine rings is 1. The fourth-order valence-electron chi connectivity index (χ4n) is 3.80. The lowest BCUT2D eigenvalue weighted by Crippen LogP contribution is -2.47. The lowest BCUT2D eigenvalue weighted by Gasteiger charge is -2.30. The first-order chi connectivity index (χ1) is 10.7. The van der Waals surface area contributed by atoms with Crippen LogP contribution in [0, 0.1) is 18.3 Å². The van der Waals surface area contributed by atoms with Gasteiger partial charge in [-0.05, 0) is 49.6 Å². The number of nitrogens with zero attached hydrogens (tertiary/aromatic N) is 2. The second-order valence-electron chi connectivity index (χ2n) is 6.39. The number of pyridine rings is 1. The van der Waals surface area contributed by atoms with E-state index >= 15 is 0 Å². The molecule has 0 spiro atoms. The molecule has 0 saturated carbocycles. The Morgan fingerprint density at radius 1 is 1.32 bits per heavy atom. The zero-order chi connectivity index (χ0) is 15.1. The van der Waals surface area contributed by atoms with E-state index in [0.29, 0.717) is 5.56 Å². The molecule has 2 saturated heterocycles. The van der Waals surface area contributed by atoms with Gasteiger partial charge in [0.1, 0.15) is 0 Å². The SMILES string of the molecule is C#Cc1ccc2cc(C(=O)N[C@@H]3C[C@H]4CCN(C4)C3)ccn12. The Morgan fingerprint density at radius 2 is 2.23 bits per heavy atom. The lowest BCUT2D eigenvalue weighted by atomic mass is 9.96. The van der Waals surface area contributed by atoms with Crippen molar-refractivity contribution in [2.24, 2.45) is 5.92 Å². The average Bonchev–Trinajstić information content (AvgIpc) is 3.09. The molecule has 3 atom stereocenters. The highest BCUT2D eigenvalue weighted by molar-refractivity contribution is 5.95. The van der Waals surface area contributed by atoms with Crippen molar-refractivity contribution in [3.63, 3.8) is 0 Å². The summed E-state index contributed by atoms with van der Waals surface area (Å²) < 4.78 is 1.92. The third kappa shape index (κ3) is 2.28. The highest BCUT2D eigenvalue weighted by Crippen LogP contribution is 2.26. The van der Waals surface area contributed by atoms with Crippen LogP contribution in [0.4, 0.5) is 0 Å². The van der Waals surface area contributed by atoms with Gasteiger partial charge in [0, 0.05) is 36.4 Å². The van der Waals surface area contributed by atoms with Crippen molar-refractivity contribution >= 4 is 11.4 Å². The van der Waals surface area contributed by atoms with Crippen molar-refractivity contribution in [3.05, 3.63) is 41.7 Å². The largest absolute Gasteiger partial charge is 0.348 e. The molecular weight excluding hydrogens is 274 g/mol. The van der Waals surface area contributed by atoms with E-state index in [1.165, 1.54) is 19.5 Å². The summed E-state index contributed by atoms with van der Waals surface area (Å²) in [5, 5.41) is 3.19. The van der Waals surface area contributed by atoms with Crippen LogP contribution in [0.15, 0.2) is 30.5 Å². The van der Waals surface area contributed by atoms with Gasteiger partial charge in [-0.25, -0.2) is 0 Å². The van der Waals surface area contributed by atoms with Gasteiger partial charge < -0.3 is 14.6 Å². The molecule has 112 valence electrons. The van der Waals surface area contributed by atoms with Crippen molar-refractivity contribution in [3.8, 4) is 12.3 Å². The third-order valence-corrected chi connectivity index (χ3v) is 4.87. The summed E-state index contributed by atoms with van der Waals surface area (Å²) in [4.78, 5) is 14.9. The molecule has 1 unspecified atom stereocenters. The molecule has 4 rings (SSSR count). The number of aromatic nitrogens is 1. The normalized spacial score (nSPS) is 26.8. The quantitative estimate of drug-likeness (QED) is 0.856. The molecule has 2 aromatic rings. The molecular formula is C18H19N3O. The fraction of sp³-hybridized carbons (Fsp3) is 0.389. The van der Waals surface area contributed by atoms with Gasteiger partial charge in [0.05, 0.1) is 5.69 Å². The number of carbonyl (C=O) groups excluding carboxylic acids is 1. The first-order valence-corrected chi connectivity index (χ1v) is 7.84. The van der Waals surface area contributed by atoms with Gasteiger partial charge in [0.25, 0.3) is 5.91 Å². The molecule has 1 N–H and O–H groups in total. The van der Waals surface area contributed by atoms with Crippen LogP contribution in [-0.4, -0.2) is 40.9 Å². The molecule has 0 aromatic carbocycles. The summed E-state index contributed by atoms with van der Waals surface area (Å²) >= 11 is 0. The Balaban J connectivity index is 1.52. The number of nitrogens with one attached hydrogen (secondary N) is 1. The average molecular weight is 293 g/mol. The van der Waals surface area contributed by atoms with Crippen LogP contribution in [0.25, 0.3) is 5.52 Å². The van der Waals surface area contributed by atoms with E-state index in [1.807, 2.05) is 34.9 Å². The Hall–Kier alpha value is -2.25. The number of rotatable bonds is 2. The van der Waals surface area contributed by atoms with E-state index in [9.17, 15) is 4.79 Å². The Morgan fingerprint density at radius 3 is 3.05 bits per heavy atom. The van der Waals surface area contributed by atoms with Crippen molar-refractivity contribution < 1.29 is 4.79 Å². The standard InChI is InChI=1S/C18H19N3O/c1-2-16-3-4-17-10-14(6-8-21(16)17)18(22)19-15-9-13-5-7-20(11-13)12-15/h1,3-4,6,8,10,13,15H,5,7,9,11-12H2,(H,19,22)/t13-,15-/m1/s1. The number of amides is 1. The topological polar surface area (TPSA) is 36.8 Å². The second kappa shape index (κ2) is 5.19.